The molecule has 0 aliphatic carbocycles. The average molecular weight is 364 g/mol. The highest BCUT2D eigenvalue weighted by molar-refractivity contribution is 7.89. The molecule has 0 saturated carbocycles. The molecular formula is C18H24N2O4S. The maximum Gasteiger partial charge on any atom is 0.243 e. The Morgan fingerprint density at radius 3 is 2.24 bits per heavy atom. The number of nitrogens with zero attached hydrogens (tertiary/aromatic N) is 1. The first-order valence-corrected chi connectivity index (χ1v) is 9.43. The molecule has 2 rings (SSSR count). The molecule has 2 aromatic carbocycles. The third-order valence-corrected chi connectivity index (χ3v) is 5.76. The fourth-order valence-corrected chi connectivity index (χ4v) is 3.99. The number of benzene rings is 2. The number of sulfonamides is 1. The minimum Gasteiger partial charge on any atom is -0.493 e. The van der Waals surface area contributed by atoms with E-state index in [1.54, 1.807) is 6.07 Å². The fourth-order valence-electron chi connectivity index (χ4n) is 2.52. The molecule has 0 aliphatic heterocycles. The highest BCUT2D eigenvalue weighted by Crippen LogP contribution is 2.30. The molecule has 0 amide bonds. The first-order chi connectivity index (χ1) is 12.0. The molecule has 2 N–H and O–H groups in total. The summed E-state index contributed by atoms with van der Waals surface area (Å²) in [6.07, 6.45) is 0.618. The van der Waals surface area contributed by atoms with Gasteiger partial charge in [-0.25, -0.2) is 8.42 Å². The van der Waals surface area contributed by atoms with E-state index < -0.39 is 10.0 Å². The van der Waals surface area contributed by atoms with Crippen molar-refractivity contribution in [2.24, 2.45) is 5.73 Å². The van der Waals surface area contributed by atoms with E-state index >= 15 is 0 Å². The van der Waals surface area contributed by atoms with Crippen LogP contribution in [0.1, 0.15) is 5.56 Å². The lowest BCUT2D eigenvalue weighted by Crippen LogP contribution is -2.36. The number of rotatable bonds is 9. The van der Waals surface area contributed by atoms with Gasteiger partial charge in [0.15, 0.2) is 11.5 Å². The summed E-state index contributed by atoms with van der Waals surface area (Å²) < 4.78 is 37.7. The predicted octanol–water partition coefficient (Wildman–Crippen LogP) is 1.90. The van der Waals surface area contributed by atoms with Gasteiger partial charge in [0.1, 0.15) is 0 Å². The molecular weight excluding hydrogens is 340 g/mol. The van der Waals surface area contributed by atoms with E-state index in [4.69, 9.17) is 15.2 Å². The molecule has 0 atom stereocenters. The van der Waals surface area contributed by atoms with Crippen LogP contribution in [0.25, 0.3) is 0 Å². The summed E-state index contributed by atoms with van der Waals surface area (Å²) in [7, 11) is -0.693. The lowest BCUT2D eigenvalue weighted by molar-refractivity contribution is 0.353. The van der Waals surface area contributed by atoms with Crippen molar-refractivity contribution in [3.8, 4) is 11.5 Å². The fraction of sp³-hybridized carbons (Fsp3) is 0.333. The monoisotopic (exact) mass is 364 g/mol. The standard InChI is InChI=1S/C18H24N2O4S/c1-23-17-9-8-16(14-18(17)24-2)25(21,22)20(13-11-19)12-10-15-6-4-3-5-7-15/h3-9,14H,10-13,19H2,1-2H3. The summed E-state index contributed by atoms with van der Waals surface area (Å²) in [6.45, 7) is 0.864. The lowest BCUT2D eigenvalue weighted by atomic mass is 10.1. The topological polar surface area (TPSA) is 81.9 Å². The Bertz CT molecular complexity index is 779. The van der Waals surface area contributed by atoms with Gasteiger partial charge in [-0.2, -0.15) is 4.31 Å². The molecule has 7 heteroatoms. The van der Waals surface area contributed by atoms with Gasteiger partial charge in [-0.1, -0.05) is 30.3 Å². The number of nitrogens with two attached hydrogens (primary N) is 1. The van der Waals surface area contributed by atoms with Crippen molar-refractivity contribution >= 4 is 10.0 Å². The third kappa shape index (κ3) is 4.72. The van der Waals surface area contributed by atoms with Crippen molar-refractivity contribution in [3.05, 3.63) is 54.1 Å². The maximum atomic E-state index is 13.0. The summed E-state index contributed by atoms with van der Waals surface area (Å²) in [5.74, 6) is 0.857. The van der Waals surface area contributed by atoms with Gasteiger partial charge >= 0.3 is 0 Å². The number of hydrogen-bond acceptors (Lipinski definition) is 5. The highest BCUT2D eigenvalue weighted by atomic mass is 32.2. The van der Waals surface area contributed by atoms with Crippen LogP contribution in [0.4, 0.5) is 0 Å². The van der Waals surface area contributed by atoms with Crippen LogP contribution in [0.15, 0.2) is 53.4 Å². The molecule has 2 aromatic rings. The number of methoxy groups -OCH3 is 2. The van der Waals surface area contributed by atoms with E-state index in [-0.39, 0.29) is 18.0 Å². The van der Waals surface area contributed by atoms with Gasteiger partial charge in [0.25, 0.3) is 0 Å². The van der Waals surface area contributed by atoms with Gasteiger partial charge in [0.05, 0.1) is 19.1 Å². The van der Waals surface area contributed by atoms with Crippen LogP contribution in [0.5, 0.6) is 11.5 Å². The minimum atomic E-state index is -3.67. The van der Waals surface area contributed by atoms with E-state index in [2.05, 4.69) is 0 Å². The second-order valence-electron chi connectivity index (χ2n) is 5.45. The zero-order valence-corrected chi connectivity index (χ0v) is 15.3. The van der Waals surface area contributed by atoms with E-state index in [1.165, 1.54) is 30.7 Å². The Kier molecular flexibility index (Phi) is 6.81. The molecule has 0 fully saturated rings. The van der Waals surface area contributed by atoms with Crippen LogP contribution < -0.4 is 15.2 Å². The maximum absolute atomic E-state index is 13.0. The zero-order chi connectivity index (χ0) is 18.3. The van der Waals surface area contributed by atoms with E-state index in [9.17, 15) is 8.42 Å². The number of ether oxygens (including phenoxy) is 2. The van der Waals surface area contributed by atoms with E-state index in [0.717, 1.165) is 5.56 Å². The average Bonchev–Trinajstić information content (AvgIpc) is 2.65. The van der Waals surface area contributed by atoms with Crippen molar-refractivity contribution in [1.82, 2.24) is 4.31 Å². The molecule has 0 spiro atoms. The molecule has 0 saturated heterocycles. The smallest absolute Gasteiger partial charge is 0.243 e. The van der Waals surface area contributed by atoms with Crippen molar-refractivity contribution < 1.29 is 17.9 Å². The largest absolute Gasteiger partial charge is 0.493 e. The van der Waals surface area contributed by atoms with Gasteiger partial charge in [0.2, 0.25) is 10.0 Å². The Hall–Kier alpha value is -2.09. The summed E-state index contributed by atoms with van der Waals surface area (Å²) in [6, 6.07) is 14.3. The first-order valence-electron chi connectivity index (χ1n) is 7.99. The molecule has 6 nitrogen and oxygen atoms in total. The summed E-state index contributed by atoms with van der Waals surface area (Å²) in [4.78, 5) is 0.159. The summed E-state index contributed by atoms with van der Waals surface area (Å²) in [5, 5.41) is 0. The van der Waals surface area contributed by atoms with Crippen LogP contribution in [-0.2, 0) is 16.4 Å². The van der Waals surface area contributed by atoms with Gasteiger partial charge in [-0.05, 0) is 24.1 Å². The predicted molar refractivity (Wildman–Crippen MR) is 97.5 cm³/mol. The third-order valence-electron chi connectivity index (χ3n) is 3.86. The molecule has 0 bridgehead atoms. The Morgan fingerprint density at radius 1 is 0.960 bits per heavy atom. The highest BCUT2D eigenvalue weighted by Gasteiger charge is 2.25. The van der Waals surface area contributed by atoms with E-state index in [1.807, 2.05) is 30.3 Å². The van der Waals surface area contributed by atoms with Crippen LogP contribution in [0, 0.1) is 0 Å². The van der Waals surface area contributed by atoms with Gasteiger partial charge in [-0.15, -0.1) is 0 Å². The van der Waals surface area contributed by atoms with Crippen molar-refractivity contribution in [1.29, 1.82) is 0 Å². The first kappa shape index (κ1) is 19.2. The van der Waals surface area contributed by atoms with Crippen LogP contribution >= 0.6 is 0 Å². The van der Waals surface area contributed by atoms with E-state index in [0.29, 0.717) is 24.5 Å². The molecule has 136 valence electrons. The second-order valence-corrected chi connectivity index (χ2v) is 7.38. The quantitative estimate of drug-likeness (QED) is 0.735. The normalized spacial score (nSPS) is 11.5. The SMILES string of the molecule is COc1ccc(S(=O)(=O)N(CCN)CCc2ccccc2)cc1OC. The lowest BCUT2D eigenvalue weighted by Gasteiger charge is -2.22. The Morgan fingerprint density at radius 2 is 1.64 bits per heavy atom. The Balaban J connectivity index is 2.26. The van der Waals surface area contributed by atoms with Gasteiger partial charge in [0, 0.05) is 25.7 Å². The molecule has 0 aromatic heterocycles. The van der Waals surface area contributed by atoms with Gasteiger partial charge < -0.3 is 15.2 Å². The molecule has 0 unspecified atom stereocenters. The zero-order valence-electron chi connectivity index (χ0n) is 14.5. The van der Waals surface area contributed by atoms with Crippen LogP contribution in [-0.4, -0.2) is 46.6 Å². The molecule has 0 aliphatic rings. The summed E-state index contributed by atoms with van der Waals surface area (Å²) >= 11 is 0. The number of hydrogen-bond donors (Lipinski definition) is 1. The van der Waals surface area contributed by atoms with Crippen LogP contribution in [0.3, 0.4) is 0 Å². The van der Waals surface area contributed by atoms with Crippen molar-refractivity contribution in [3.63, 3.8) is 0 Å². The second kappa shape index (κ2) is 8.84. The van der Waals surface area contributed by atoms with Gasteiger partial charge in [-0.3, -0.25) is 0 Å². The van der Waals surface area contributed by atoms with Crippen molar-refractivity contribution in [2.45, 2.75) is 11.3 Å². The minimum absolute atomic E-state index is 0.159. The Labute approximate surface area is 149 Å². The molecule has 0 radical (unpaired) electrons. The summed E-state index contributed by atoms with van der Waals surface area (Å²) in [5.41, 5.74) is 6.70. The van der Waals surface area contributed by atoms with Crippen molar-refractivity contribution in [2.75, 3.05) is 33.9 Å². The molecule has 0 heterocycles. The van der Waals surface area contributed by atoms with Crippen LogP contribution in [0.2, 0.25) is 0 Å². The molecule has 25 heavy (non-hydrogen) atoms.